The minimum absolute atomic E-state index is 0.0636. The summed E-state index contributed by atoms with van der Waals surface area (Å²) in [6, 6.07) is 2.06. The van der Waals surface area contributed by atoms with Crippen LogP contribution in [0.25, 0.3) is 0 Å². The molecule has 2 saturated carbocycles. The normalized spacial score (nSPS) is 42.8. The highest BCUT2D eigenvalue weighted by Gasteiger charge is 2.76. The van der Waals surface area contributed by atoms with Crippen LogP contribution >= 0.6 is 11.8 Å². The maximum Gasteiger partial charge on any atom is 0.199 e. The van der Waals surface area contributed by atoms with Crippen molar-refractivity contribution in [3.63, 3.8) is 0 Å². The van der Waals surface area contributed by atoms with E-state index in [0.29, 0.717) is 18.2 Å². The van der Waals surface area contributed by atoms with Crippen LogP contribution in [0.5, 0.6) is 0 Å². The van der Waals surface area contributed by atoms with E-state index in [-0.39, 0.29) is 42.8 Å². The molecule has 1 heterocycles. The van der Waals surface area contributed by atoms with Crippen molar-refractivity contribution in [2.45, 2.75) is 64.6 Å². The molecule has 1 N–H and O–H groups in total. The summed E-state index contributed by atoms with van der Waals surface area (Å²) in [6.07, 6.45) is 1.70. The van der Waals surface area contributed by atoms with Crippen molar-refractivity contribution in [1.29, 1.82) is 0 Å². The van der Waals surface area contributed by atoms with Crippen LogP contribution in [0.2, 0.25) is 0 Å². The second-order valence-corrected chi connectivity index (χ2v) is 12.5. The van der Waals surface area contributed by atoms with Gasteiger partial charge in [-0.25, -0.2) is 13.2 Å². The molecule has 8 atom stereocenters. The van der Waals surface area contributed by atoms with Crippen LogP contribution in [-0.2, 0) is 9.59 Å². The number of Topliss-reactive ketones (excluding diaryl/α,β-unsaturated/α-hetero) is 1. The van der Waals surface area contributed by atoms with Gasteiger partial charge in [-0.1, -0.05) is 31.7 Å². The topological polar surface area (TPSA) is 84.6 Å². The van der Waals surface area contributed by atoms with E-state index in [2.05, 4.69) is 0 Å². The summed E-state index contributed by atoms with van der Waals surface area (Å²) in [5, 5.41) is 11.0. The predicted molar refractivity (Wildman–Crippen MR) is 132 cm³/mol. The lowest BCUT2D eigenvalue weighted by Gasteiger charge is -2.62. The fourth-order valence-corrected chi connectivity index (χ4v) is 9.32. The number of thioether (sulfide) groups is 1. The van der Waals surface area contributed by atoms with E-state index < -0.39 is 68.5 Å². The average molecular weight is 537 g/mol. The molecule has 37 heavy (non-hydrogen) atoms. The molecule has 0 amide bonds. The number of aliphatic hydroxyl groups is 1. The molecule has 200 valence electrons. The summed E-state index contributed by atoms with van der Waals surface area (Å²) < 4.78 is 51.8. The number of carbonyl (C=O) groups is 3. The Kier molecular flexibility index (Phi) is 6.22. The van der Waals surface area contributed by atoms with Crippen LogP contribution in [0, 0.1) is 34.0 Å². The van der Waals surface area contributed by atoms with Gasteiger partial charge in [-0.3, -0.25) is 14.4 Å². The molecule has 0 aromatic carbocycles. The third kappa shape index (κ3) is 3.32. The van der Waals surface area contributed by atoms with E-state index in [4.69, 9.17) is 4.42 Å². The Morgan fingerprint density at radius 3 is 2.65 bits per heavy atom. The Bertz CT molecular complexity index is 1210. The third-order valence-electron chi connectivity index (χ3n) is 10.3. The summed E-state index contributed by atoms with van der Waals surface area (Å²) in [5.41, 5.74) is -6.27. The number of allylic oxidation sites excluding steroid dienone is 4. The smallest absolute Gasteiger partial charge is 0.199 e. The molecule has 5 nitrogen and oxygen atoms in total. The van der Waals surface area contributed by atoms with Gasteiger partial charge in [0.05, 0.1) is 17.8 Å². The van der Waals surface area contributed by atoms with Gasteiger partial charge in [-0.05, 0) is 60.8 Å². The summed E-state index contributed by atoms with van der Waals surface area (Å²) >= 11 is 0.477. The fourth-order valence-electron chi connectivity index (χ4n) is 8.46. The number of rotatable bonds is 5. The van der Waals surface area contributed by atoms with Crippen molar-refractivity contribution >= 4 is 28.4 Å². The molecule has 0 saturated heterocycles. The second kappa shape index (κ2) is 8.70. The minimum atomic E-state index is -2.28. The van der Waals surface area contributed by atoms with Crippen molar-refractivity contribution in [2.24, 2.45) is 34.0 Å². The second-order valence-electron chi connectivity index (χ2n) is 11.6. The third-order valence-corrected chi connectivity index (χ3v) is 11.0. The molecule has 4 aliphatic carbocycles. The standard InChI is InChI=1S/C28H31F3O5S/c1-15-9-17-18-11-20(30)19-10-16(32)6-7-25(19,2)28(18,31)23(34)13-26(17,3)27(15,24(35)37-14-29)12-21(33)22-5-4-8-36-22/h4-8,15,17-18,23,34H,9-14H2,1-3H3/t15-,17?,18?,23+,25+,26+,27-,28+/m1/s1. The molecule has 1 aromatic rings. The van der Waals surface area contributed by atoms with Crippen LogP contribution in [0.15, 0.2) is 46.4 Å². The summed E-state index contributed by atoms with van der Waals surface area (Å²) in [5.74, 6) is -3.29. The van der Waals surface area contributed by atoms with Crippen LogP contribution in [0.1, 0.15) is 63.4 Å². The predicted octanol–water partition coefficient (Wildman–Crippen LogP) is 5.94. The number of hydrogen-bond donors (Lipinski definition) is 1. The quantitative estimate of drug-likeness (QED) is 0.469. The van der Waals surface area contributed by atoms with E-state index >= 15 is 8.78 Å². The van der Waals surface area contributed by atoms with Crippen molar-refractivity contribution in [1.82, 2.24) is 0 Å². The molecule has 9 heteroatoms. The molecule has 1 aromatic heterocycles. The first-order chi connectivity index (χ1) is 17.4. The summed E-state index contributed by atoms with van der Waals surface area (Å²) in [7, 11) is 0. The van der Waals surface area contributed by atoms with Gasteiger partial charge in [-0.2, -0.15) is 0 Å². The van der Waals surface area contributed by atoms with Crippen LogP contribution in [0.4, 0.5) is 13.2 Å². The number of hydrogen-bond acceptors (Lipinski definition) is 6. The molecule has 0 bridgehead atoms. The lowest BCUT2D eigenvalue weighted by molar-refractivity contribution is -0.201. The highest BCUT2D eigenvalue weighted by molar-refractivity contribution is 8.13. The summed E-state index contributed by atoms with van der Waals surface area (Å²) in [6.45, 7) is 5.08. The van der Waals surface area contributed by atoms with E-state index in [1.807, 2.05) is 0 Å². The molecular formula is C28H31F3O5S. The minimum Gasteiger partial charge on any atom is -0.461 e. The first kappa shape index (κ1) is 26.5. The Morgan fingerprint density at radius 1 is 1.27 bits per heavy atom. The lowest BCUT2D eigenvalue weighted by atomic mass is 9.43. The zero-order valence-electron chi connectivity index (χ0n) is 21.1. The highest BCUT2D eigenvalue weighted by atomic mass is 32.2. The van der Waals surface area contributed by atoms with Crippen LogP contribution < -0.4 is 0 Å². The molecule has 0 spiro atoms. The molecule has 2 fully saturated rings. The van der Waals surface area contributed by atoms with Gasteiger partial charge in [0.25, 0.3) is 0 Å². The van der Waals surface area contributed by atoms with Gasteiger partial charge < -0.3 is 9.52 Å². The maximum absolute atomic E-state index is 17.4. The number of halogens is 3. The van der Waals surface area contributed by atoms with Gasteiger partial charge in [0.1, 0.15) is 11.8 Å². The van der Waals surface area contributed by atoms with Gasteiger partial charge in [0.15, 0.2) is 28.1 Å². The van der Waals surface area contributed by atoms with Crippen LogP contribution in [0.3, 0.4) is 0 Å². The molecular weight excluding hydrogens is 505 g/mol. The molecule has 0 aliphatic heterocycles. The number of ketones is 2. The van der Waals surface area contributed by atoms with Gasteiger partial charge in [0, 0.05) is 30.6 Å². The molecule has 2 unspecified atom stereocenters. The number of furan rings is 1. The number of carbonyl (C=O) groups excluding carboxylic acids is 3. The Morgan fingerprint density at radius 2 is 2.00 bits per heavy atom. The lowest BCUT2D eigenvalue weighted by Crippen LogP contribution is -2.68. The Labute approximate surface area is 217 Å². The van der Waals surface area contributed by atoms with Crippen molar-refractivity contribution in [3.8, 4) is 0 Å². The SMILES string of the molecule is C[C@@H]1CC2C3CC(F)=C4CC(=O)C=C[C@]4(C)[C@@]3(F)[C@@H](O)C[C@]2(C)[C@@]1(CC(=O)c1ccco1)C(=O)SCF. The largest absolute Gasteiger partial charge is 0.461 e. The first-order valence-electron chi connectivity index (χ1n) is 12.6. The van der Waals surface area contributed by atoms with Crippen molar-refractivity contribution in [2.75, 3.05) is 6.01 Å². The molecule has 5 rings (SSSR count). The van der Waals surface area contributed by atoms with Crippen molar-refractivity contribution in [3.05, 3.63) is 47.7 Å². The first-order valence-corrected chi connectivity index (χ1v) is 13.6. The Balaban J connectivity index is 1.65. The highest BCUT2D eigenvalue weighted by Crippen LogP contribution is 2.74. The van der Waals surface area contributed by atoms with E-state index in [0.717, 1.165) is 0 Å². The monoisotopic (exact) mass is 536 g/mol. The number of aliphatic hydroxyl groups excluding tert-OH is 1. The molecule has 4 aliphatic rings. The van der Waals surface area contributed by atoms with Gasteiger partial charge in [-0.15, -0.1) is 0 Å². The van der Waals surface area contributed by atoms with Gasteiger partial charge >= 0.3 is 0 Å². The Hall–Kier alpha value is -2.13. The molecule has 0 radical (unpaired) electrons. The van der Waals surface area contributed by atoms with Crippen molar-refractivity contribution < 1.29 is 37.1 Å². The van der Waals surface area contributed by atoms with E-state index in [9.17, 15) is 23.9 Å². The van der Waals surface area contributed by atoms with Gasteiger partial charge in [0.2, 0.25) is 0 Å². The van der Waals surface area contributed by atoms with Crippen LogP contribution in [-0.4, -0.2) is 39.6 Å². The van der Waals surface area contributed by atoms with E-state index in [1.54, 1.807) is 19.9 Å². The summed E-state index contributed by atoms with van der Waals surface area (Å²) in [4.78, 5) is 39.1. The fraction of sp³-hybridized carbons (Fsp3) is 0.607. The zero-order chi connectivity index (χ0) is 27.0. The number of fused-ring (bicyclic) bond motifs is 5. The maximum atomic E-state index is 17.4. The number of alkyl halides is 2. The zero-order valence-corrected chi connectivity index (χ0v) is 21.9. The average Bonchev–Trinajstić information content (AvgIpc) is 3.45. The van der Waals surface area contributed by atoms with E-state index in [1.165, 1.54) is 31.4 Å².